The van der Waals surface area contributed by atoms with Gasteiger partial charge in [0.25, 0.3) is 0 Å². The van der Waals surface area contributed by atoms with Gasteiger partial charge in [-0.15, -0.1) is 10.2 Å². The molecule has 2 aromatic rings. The molecule has 1 aromatic heterocycles. The molecular weight excluding hydrogens is 308 g/mol. The van der Waals surface area contributed by atoms with Gasteiger partial charge in [0.15, 0.2) is 0 Å². The highest BCUT2D eigenvalue weighted by Crippen LogP contribution is 2.31. The van der Waals surface area contributed by atoms with E-state index >= 15 is 0 Å². The minimum Gasteiger partial charge on any atom is -0.492 e. The molecule has 0 saturated carbocycles. The molecule has 1 aliphatic rings. The van der Waals surface area contributed by atoms with Crippen molar-refractivity contribution in [1.82, 2.24) is 10.2 Å². The van der Waals surface area contributed by atoms with Gasteiger partial charge in [-0.3, -0.25) is 0 Å². The van der Waals surface area contributed by atoms with Crippen LogP contribution in [0, 0.1) is 0 Å². The topological polar surface area (TPSA) is 41.5 Å². The maximum Gasteiger partial charge on any atom is 0.208 e. The van der Waals surface area contributed by atoms with Crippen molar-refractivity contribution < 1.29 is 4.74 Å². The van der Waals surface area contributed by atoms with Gasteiger partial charge in [0.2, 0.25) is 5.13 Å². The van der Waals surface area contributed by atoms with Crippen LogP contribution in [0.2, 0.25) is 0 Å². The van der Waals surface area contributed by atoms with Gasteiger partial charge in [0.1, 0.15) is 10.8 Å². The Hall–Kier alpha value is -1.82. The first kappa shape index (κ1) is 16.1. The second kappa shape index (κ2) is 7.17. The van der Waals surface area contributed by atoms with Crippen molar-refractivity contribution in [3.8, 4) is 5.75 Å². The van der Waals surface area contributed by atoms with E-state index in [1.807, 2.05) is 19.1 Å². The van der Waals surface area contributed by atoms with Crippen molar-refractivity contribution in [2.75, 3.05) is 42.6 Å². The monoisotopic (exact) mass is 332 g/mol. The maximum absolute atomic E-state index is 5.76. The Bertz CT molecular complexity index is 635. The van der Waals surface area contributed by atoms with Crippen LogP contribution in [0.4, 0.5) is 10.8 Å². The van der Waals surface area contributed by atoms with E-state index in [2.05, 4.69) is 46.0 Å². The number of hydrogen-bond acceptors (Lipinski definition) is 6. The molecule has 0 radical (unpaired) electrons. The van der Waals surface area contributed by atoms with Crippen molar-refractivity contribution in [2.24, 2.45) is 0 Å². The van der Waals surface area contributed by atoms with Crippen LogP contribution in [0.15, 0.2) is 24.3 Å². The molecule has 0 spiro atoms. The molecule has 0 atom stereocenters. The van der Waals surface area contributed by atoms with E-state index in [0.29, 0.717) is 12.5 Å². The summed E-state index contributed by atoms with van der Waals surface area (Å²) in [5.41, 5.74) is 1.19. The van der Waals surface area contributed by atoms with Gasteiger partial charge in [-0.05, 0) is 19.1 Å². The molecule has 124 valence electrons. The standard InChI is InChI=1S/C17H24N4OS/c1-4-22-15-8-6-5-7-14(15)20-9-11-21(12-10-20)17-19-18-16(23-17)13(2)3/h5-8,13H,4,9-12H2,1-3H3. The first-order valence-electron chi connectivity index (χ1n) is 8.24. The van der Waals surface area contributed by atoms with Crippen LogP contribution in [0.3, 0.4) is 0 Å². The molecular formula is C17H24N4OS. The van der Waals surface area contributed by atoms with Crippen LogP contribution in [0.5, 0.6) is 5.75 Å². The van der Waals surface area contributed by atoms with E-state index in [1.165, 1.54) is 5.69 Å². The fourth-order valence-electron chi connectivity index (χ4n) is 2.72. The van der Waals surface area contributed by atoms with Gasteiger partial charge in [0.05, 0.1) is 12.3 Å². The number of para-hydroxylation sites is 2. The van der Waals surface area contributed by atoms with Gasteiger partial charge in [0, 0.05) is 32.1 Å². The van der Waals surface area contributed by atoms with Crippen LogP contribution < -0.4 is 14.5 Å². The summed E-state index contributed by atoms with van der Waals surface area (Å²) in [6, 6.07) is 8.29. The highest BCUT2D eigenvalue weighted by atomic mass is 32.1. The molecule has 0 N–H and O–H groups in total. The van der Waals surface area contributed by atoms with Crippen LogP contribution in [0.25, 0.3) is 0 Å². The molecule has 0 unspecified atom stereocenters. The van der Waals surface area contributed by atoms with E-state index in [4.69, 9.17) is 4.74 Å². The Balaban J connectivity index is 1.66. The molecule has 23 heavy (non-hydrogen) atoms. The van der Waals surface area contributed by atoms with E-state index in [-0.39, 0.29) is 0 Å². The average molecular weight is 332 g/mol. The van der Waals surface area contributed by atoms with Crippen molar-refractivity contribution in [3.05, 3.63) is 29.3 Å². The zero-order chi connectivity index (χ0) is 16.2. The quantitative estimate of drug-likeness (QED) is 0.839. The van der Waals surface area contributed by atoms with Crippen LogP contribution in [0.1, 0.15) is 31.7 Å². The van der Waals surface area contributed by atoms with Gasteiger partial charge in [-0.1, -0.05) is 37.3 Å². The Morgan fingerprint density at radius 3 is 2.43 bits per heavy atom. The Kier molecular flexibility index (Phi) is 5.00. The fourth-order valence-corrected chi connectivity index (χ4v) is 3.62. The number of aromatic nitrogens is 2. The number of nitrogens with zero attached hydrogens (tertiary/aromatic N) is 4. The molecule has 2 heterocycles. The van der Waals surface area contributed by atoms with Gasteiger partial charge >= 0.3 is 0 Å². The van der Waals surface area contributed by atoms with Crippen LogP contribution in [-0.2, 0) is 0 Å². The van der Waals surface area contributed by atoms with Gasteiger partial charge in [-0.2, -0.15) is 0 Å². The third-order valence-corrected chi connectivity index (χ3v) is 5.26. The SMILES string of the molecule is CCOc1ccccc1N1CCN(c2nnc(C(C)C)s2)CC1. The lowest BCUT2D eigenvalue weighted by atomic mass is 10.2. The first-order valence-corrected chi connectivity index (χ1v) is 9.05. The normalized spacial score (nSPS) is 15.3. The largest absolute Gasteiger partial charge is 0.492 e. The first-order chi connectivity index (χ1) is 11.2. The minimum absolute atomic E-state index is 0.445. The lowest BCUT2D eigenvalue weighted by molar-refractivity contribution is 0.340. The summed E-state index contributed by atoms with van der Waals surface area (Å²) in [6.07, 6.45) is 0. The highest BCUT2D eigenvalue weighted by molar-refractivity contribution is 7.15. The number of benzene rings is 1. The summed E-state index contributed by atoms with van der Waals surface area (Å²) < 4.78 is 5.76. The van der Waals surface area contributed by atoms with Crippen molar-refractivity contribution in [1.29, 1.82) is 0 Å². The fraction of sp³-hybridized carbons (Fsp3) is 0.529. The maximum atomic E-state index is 5.76. The average Bonchev–Trinajstić information content (AvgIpc) is 3.06. The minimum atomic E-state index is 0.445. The Morgan fingerprint density at radius 2 is 1.78 bits per heavy atom. The van der Waals surface area contributed by atoms with Crippen LogP contribution >= 0.6 is 11.3 Å². The van der Waals surface area contributed by atoms with Crippen molar-refractivity contribution >= 4 is 22.2 Å². The van der Waals surface area contributed by atoms with E-state index in [0.717, 1.165) is 42.1 Å². The smallest absolute Gasteiger partial charge is 0.208 e. The molecule has 6 heteroatoms. The molecule has 0 aliphatic carbocycles. The lowest BCUT2D eigenvalue weighted by Crippen LogP contribution is -2.46. The number of rotatable bonds is 5. The summed E-state index contributed by atoms with van der Waals surface area (Å²) in [5.74, 6) is 1.42. The number of anilines is 2. The third kappa shape index (κ3) is 3.58. The second-order valence-corrected chi connectivity index (χ2v) is 6.94. The van der Waals surface area contributed by atoms with E-state index < -0.39 is 0 Å². The predicted molar refractivity (Wildman–Crippen MR) is 96.0 cm³/mol. The lowest BCUT2D eigenvalue weighted by Gasteiger charge is -2.36. The second-order valence-electron chi connectivity index (χ2n) is 5.95. The highest BCUT2D eigenvalue weighted by Gasteiger charge is 2.22. The third-order valence-electron chi connectivity index (χ3n) is 3.98. The summed E-state index contributed by atoms with van der Waals surface area (Å²) >= 11 is 1.72. The predicted octanol–water partition coefficient (Wildman–Crippen LogP) is 3.39. The summed E-state index contributed by atoms with van der Waals surface area (Å²) in [6.45, 7) is 10.9. The zero-order valence-electron chi connectivity index (χ0n) is 14.0. The van der Waals surface area contributed by atoms with Crippen LogP contribution in [-0.4, -0.2) is 43.0 Å². The number of piperazine rings is 1. The summed E-state index contributed by atoms with van der Waals surface area (Å²) in [4.78, 5) is 4.73. The number of ether oxygens (including phenoxy) is 1. The van der Waals surface area contributed by atoms with Gasteiger partial charge < -0.3 is 14.5 Å². The van der Waals surface area contributed by atoms with Gasteiger partial charge in [-0.25, -0.2) is 0 Å². The Labute approximate surface area is 141 Å². The summed E-state index contributed by atoms with van der Waals surface area (Å²) in [5, 5.41) is 10.8. The van der Waals surface area contributed by atoms with E-state index in [1.54, 1.807) is 11.3 Å². The molecule has 0 amide bonds. The Morgan fingerprint density at radius 1 is 1.09 bits per heavy atom. The van der Waals surface area contributed by atoms with Crippen molar-refractivity contribution in [2.45, 2.75) is 26.7 Å². The molecule has 0 bridgehead atoms. The molecule has 5 nitrogen and oxygen atoms in total. The molecule has 3 rings (SSSR count). The molecule has 1 aromatic carbocycles. The summed E-state index contributed by atoms with van der Waals surface area (Å²) in [7, 11) is 0. The molecule has 1 aliphatic heterocycles. The zero-order valence-corrected chi connectivity index (χ0v) is 14.8. The number of hydrogen-bond donors (Lipinski definition) is 0. The molecule has 1 saturated heterocycles. The molecule has 1 fully saturated rings. The van der Waals surface area contributed by atoms with E-state index in [9.17, 15) is 0 Å². The van der Waals surface area contributed by atoms with Crippen molar-refractivity contribution in [3.63, 3.8) is 0 Å².